The highest BCUT2D eigenvalue weighted by molar-refractivity contribution is 7.98. The molecule has 0 fully saturated rings. The number of ether oxygens (including phenoxy) is 1. The maximum Gasteiger partial charge on any atom is 0.408 e. The Kier molecular flexibility index (Phi) is 10.1. The average Bonchev–Trinajstić information content (AvgIpc) is 2.64. The molecule has 30 heavy (non-hydrogen) atoms. The van der Waals surface area contributed by atoms with Crippen LogP contribution in [0.5, 0.6) is 0 Å². The van der Waals surface area contributed by atoms with Gasteiger partial charge in [0.1, 0.15) is 17.7 Å². The Morgan fingerprint density at radius 1 is 1.13 bits per heavy atom. The van der Waals surface area contributed by atoms with E-state index in [1.165, 1.54) is 18.7 Å². The number of aliphatic hydroxyl groups is 1. The first kappa shape index (κ1) is 25.7. The van der Waals surface area contributed by atoms with Crippen molar-refractivity contribution in [2.75, 3.05) is 5.75 Å². The van der Waals surface area contributed by atoms with Gasteiger partial charge in [-0.15, -0.1) is 0 Å². The fourth-order valence-electron chi connectivity index (χ4n) is 2.36. The van der Waals surface area contributed by atoms with Crippen molar-refractivity contribution < 1.29 is 24.2 Å². The smallest absolute Gasteiger partial charge is 0.408 e. The van der Waals surface area contributed by atoms with Crippen molar-refractivity contribution in [3.63, 3.8) is 0 Å². The van der Waals surface area contributed by atoms with Crippen LogP contribution in [0.15, 0.2) is 24.3 Å². The topological polar surface area (TPSA) is 143 Å². The lowest BCUT2D eigenvalue weighted by Gasteiger charge is -2.25. The van der Waals surface area contributed by atoms with Crippen LogP contribution in [-0.2, 0) is 20.1 Å². The SMILES string of the molecule is Cc1ccc(CSC[C@H](NC(=O)OC(C)(C)C)C(=O)N[C@H](C(=O)NN)[C@@H](C)O)cc1. The molecular weight excluding hydrogens is 408 g/mol. The Morgan fingerprint density at radius 2 is 1.73 bits per heavy atom. The number of alkyl carbamates (subject to hydrolysis) is 1. The molecule has 0 radical (unpaired) electrons. The standard InChI is InChI=1S/C20H32N4O5S/c1-12-6-8-14(9-7-12)10-30-11-15(22-19(28)29-20(3,4)5)17(26)23-16(13(2)25)18(27)24-21/h6-9,13,15-16,25H,10-11,21H2,1-5H3,(H,22,28)(H,23,26)(H,24,27)/t13-,15+,16+/m1/s1. The van der Waals surface area contributed by atoms with Gasteiger partial charge in [-0.05, 0) is 40.2 Å². The van der Waals surface area contributed by atoms with Crippen molar-refractivity contribution in [2.24, 2.45) is 5.84 Å². The van der Waals surface area contributed by atoms with E-state index in [2.05, 4.69) is 10.6 Å². The van der Waals surface area contributed by atoms with Crippen molar-refractivity contribution in [1.82, 2.24) is 16.1 Å². The number of aliphatic hydroxyl groups excluding tert-OH is 1. The number of hydrazine groups is 1. The third-order valence-corrected chi connectivity index (χ3v) is 4.99. The quantitative estimate of drug-likeness (QED) is 0.219. The van der Waals surface area contributed by atoms with E-state index in [9.17, 15) is 19.5 Å². The minimum absolute atomic E-state index is 0.232. The molecule has 0 aliphatic heterocycles. The molecule has 0 aliphatic carbocycles. The van der Waals surface area contributed by atoms with E-state index in [0.717, 1.165) is 11.1 Å². The zero-order valence-corrected chi connectivity index (χ0v) is 18.8. The second-order valence-corrected chi connectivity index (χ2v) is 8.97. The van der Waals surface area contributed by atoms with E-state index in [4.69, 9.17) is 10.6 Å². The predicted molar refractivity (Wildman–Crippen MR) is 116 cm³/mol. The van der Waals surface area contributed by atoms with Crippen molar-refractivity contribution in [3.05, 3.63) is 35.4 Å². The predicted octanol–water partition coefficient (Wildman–Crippen LogP) is 0.977. The van der Waals surface area contributed by atoms with Gasteiger partial charge in [0, 0.05) is 11.5 Å². The molecule has 0 aromatic heterocycles. The number of carbonyl (C=O) groups excluding carboxylic acids is 3. The van der Waals surface area contributed by atoms with Crippen molar-refractivity contribution in [3.8, 4) is 0 Å². The minimum atomic E-state index is -1.26. The molecular formula is C20H32N4O5S. The first-order chi connectivity index (χ1) is 13.9. The van der Waals surface area contributed by atoms with Crippen molar-refractivity contribution in [1.29, 1.82) is 0 Å². The van der Waals surface area contributed by atoms with Gasteiger partial charge in [-0.3, -0.25) is 15.0 Å². The molecule has 3 amide bonds. The number of nitrogens with one attached hydrogen (secondary N) is 3. The highest BCUT2D eigenvalue weighted by atomic mass is 32.2. The first-order valence-electron chi connectivity index (χ1n) is 9.54. The molecule has 0 aliphatic rings. The van der Waals surface area contributed by atoms with Crippen LogP contribution in [0.3, 0.4) is 0 Å². The van der Waals surface area contributed by atoms with Crippen LogP contribution in [0, 0.1) is 6.92 Å². The summed E-state index contributed by atoms with van der Waals surface area (Å²) in [6.07, 6.45) is -1.93. The van der Waals surface area contributed by atoms with E-state index < -0.39 is 41.7 Å². The fraction of sp³-hybridized carbons (Fsp3) is 0.550. The van der Waals surface area contributed by atoms with E-state index in [1.54, 1.807) is 20.8 Å². The number of benzene rings is 1. The fourth-order valence-corrected chi connectivity index (χ4v) is 3.38. The molecule has 9 nitrogen and oxygen atoms in total. The van der Waals surface area contributed by atoms with Crippen LogP contribution in [0.2, 0.25) is 0 Å². The molecule has 3 atom stereocenters. The average molecular weight is 441 g/mol. The molecule has 168 valence electrons. The molecule has 0 bridgehead atoms. The summed E-state index contributed by atoms with van der Waals surface area (Å²) < 4.78 is 5.23. The number of hydrogen-bond acceptors (Lipinski definition) is 7. The van der Waals surface area contributed by atoms with Gasteiger partial charge in [0.05, 0.1) is 6.10 Å². The summed E-state index contributed by atoms with van der Waals surface area (Å²) >= 11 is 1.44. The lowest BCUT2D eigenvalue weighted by molar-refractivity contribution is -0.132. The third-order valence-electron chi connectivity index (χ3n) is 3.89. The van der Waals surface area contributed by atoms with Gasteiger partial charge in [-0.2, -0.15) is 11.8 Å². The summed E-state index contributed by atoms with van der Waals surface area (Å²) in [5.41, 5.74) is 3.39. The number of amides is 3. The van der Waals surface area contributed by atoms with Crippen LogP contribution in [0.1, 0.15) is 38.8 Å². The molecule has 6 N–H and O–H groups in total. The van der Waals surface area contributed by atoms with Gasteiger partial charge < -0.3 is 20.5 Å². The van der Waals surface area contributed by atoms with Gasteiger partial charge in [0.25, 0.3) is 5.91 Å². The monoisotopic (exact) mass is 440 g/mol. The van der Waals surface area contributed by atoms with E-state index in [-0.39, 0.29) is 5.75 Å². The summed E-state index contributed by atoms with van der Waals surface area (Å²) in [4.78, 5) is 36.7. The number of aryl methyl sites for hydroxylation is 1. The Hall–Kier alpha value is -2.30. The number of thioether (sulfide) groups is 1. The second-order valence-electron chi connectivity index (χ2n) is 7.93. The summed E-state index contributed by atoms with van der Waals surface area (Å²) in [5, 5.41) is 14.7. The zero-order chi connectivity index (χ0) is 22.9. The zero-order valence-electron chi connectivity index (χ0n) is 18.0. The highest BCUT2D eigenvalue weighted by Crippen LogP contribution is 2.15. The summed E-state index contributed by atoms with van der Waals surface area (Å²) in [5.74, 6) is 4.59. The van der Waals surface area contributed by atoms with Crippen LogP contribution in [0.25, 0.3) is 0 Å². The van der Waals surface area contributed by atoms with E-state index >= 15 is 0 Å². The van der Waals surface area contributed by atoms with Crippen LogP contribution in [-0.4, -0.2) is 52.6 Å². The Balaban J connectivity index is 2.84. The maximum atomic E-state index is 12.7. The summed E-state index contributed by atoms with van der Waals surface area (Å²) in [6, 6.07) is 5.74. The largest absolute Gasteiger partial charge is 0.444 e. The second kappa shape index (κ2) is 11.8. The molecule has 1 aromatic rings. The molecule has 0 saturated carbocycles. The van der Waals surface area contributed by atoms with Crippen LogP contribution in [0.4, 0.5) is 4.79 Å². The minimum Gasteiger partial charge on any atom is -0.444 e. The van der Waals surface area contributed by atoms with E-state index in [1.807, 2.05) is 36.6 Å². The van der Waals surface area contributed by atoms with Crippen LogP contribution >= 0.6 is 11.8 Å². The Morgan fingerprint density at radius 3 is 2.23 bits per heavy atom. The molecule has 0 saturated heterocycles. The normalized spacial score (nSPS) is 14.2. The first-order valence-corrected chi connectivity index (χ1v) is 10.7. The van der Waals surface area contributed by atoms with Gasteiger partial charge in [-0.25, -0.2) is 10.6 Å². The van der Waals surface area contributed by atoms with Crippen molar-refractivity contribution >= 4 is 29.7 Å². The summed E-state index contributed by atoms with van der Waals surface area (Å²) in [7, 11) is 0. The van der Waals surface area contributed by atoms with Crippen molar-refractivity contribution in [2.45, 2.75) is 64.2 Å². The molecule has 1 rings (SSSR count). The van der Waals surface area contributed by atoms with E-state index in [0.29, 0.717) is 5.75 Å². The molecule has 0 spiro atoms. The maximum absolute atomic E-state index is 12.7. The van der Waals surface area contributed by atoms with Crippen LogP contribution < -0.4 is 21.9 Å². The molecule has 0 heterocycles. The van der Waals surface area contributed by atoms with Gasteiger partial charge in [0.15, 0.2) is 0 Å². The summed E-state index contributed by atoms with van der Waals surface area (Å²) in [6.45, 7) is 8.48. The Labute approximate surface area is 181 Å². The number of carbonyl (C=O) groups is 3. The lowest BCUT2D eigenvalue weighted by atomic mass is 10.1. The molecule has 0 unspecified atom stereocenters. The lowest BCUT2D eigenvalue weighted by Crippen LogP contribution is -2.58. The van der Waals surface area contributed by atoms with Gasteiger partial charge in [-0.1, -0.05) is 29.8 Å². The molecule has 1 aromatic carbocycles. The number of rotatable bonds is 9. The highest BCUT2D eigenvalue weighted by Gasteiger charge is 2.30. The molecule has 10 heteroatoms. The van der Waals surface area contributed by atoms with Gasteiger partial charge >= 0.3 is 6.09 Å². The number of nitrogens with two attached hydrogens (primary N) is 1. The third kappa shape index (κ3) is 9.47. The number of hydrogen-bond donors (Lipinski definition) is 5. The Bertz CT molecular complexity index is 719. The van der Waals surface area contributed by atoms with Gasteiger partial charge in [0.2, 0.25) is 5.91 Å².